The van der Waals surface area contributed by atoms with Crippen molar-refractivity contribution in [3.63, 3.8) is 0 Å². The van der Waals surface area contributed by atoms with Gasteiger partial charge in [0.1, 0.15) is 0 Å². The van der Waals surface area contributed by atoms with Crippen LogP contribution in [0.2, 0.25) is 5.02 Å². The molecule has 0 radical (unpaired) electrons. The molecule has 0 spiro atoms. The molecule has 0 aliphatic carbocycles. The molecule has 2 N–H and O–H groups in total. The van der Waals surface area contributed by atoms with Crippen LogP contribution in [0.4, 0.5) is 5.69 Å². The van der Waals surface area contributed by atoms with Crippen molar-refractivity contribution in [2.24, 2.45) is 5.92 Å². The molecule has 1 unspecified atom stereocenters. The van der Waals surface area contributed by atoms with Crippen molar-refractivity contribution >= 4 is 46.3 Å². The van der Waals surface area contributed by atoms with Crippen molar-refractivity contribution in [2.45, 2.75) is 32.2 Å². The lowest BCUT2D eigenvalue weighted by atomic mass is 9.93. The number of halogens is 1. The number of nitrogens with one attached hydrogen (secondary N) is 2. The molecule has 1 aromatic heterocycles. The predicted octanol–water partition coefficient (Wildman–Crippen LogP) is 4.56. The molecule has 8 nitrogen and oxygen atoms in total. The summed E-state index contributed by atoms with van der Waals surface area (Å²) in [6.45, 7) is 3.05. The van der Waals surface area contributed by atoms with Gasteiger partial charge in [-0.2, -0.15) is 0 Å². The van der Waals surface area contributed by atoms with E-state index in [1.807, 2.05) is 37.3 Å². The van der Waals surface area contributed by atoms with Gasteiger partial charge in [-0.15, -0.1) is 10.2 Å². The lowest BCUT2D eigenvalue weighted by Gasteiger charge is -2.31. The molecule has 1 aliphatic heterocycles. The average Bonchev–Trinajstić information content (AvgIpc) is 3.35. The van der Waals surface area contributed by atoms with E-state index in [1.54, 1.807) is 29.2 Å². The molecule has 1 aliphatic rings. The zero-order valence-electron chi connectivity index (χ0n) is 19.2. The van der Waals surface area contributed by atoms with Gasteiger partial charge in [-0.3, -0.25) is 14.4 Å². The molecule has 2 heterocycles. The Labute approximate surface area is 212 Å². The van der Waals surface area contributed by atoms with Gasteiger partial charge in [-0.05, 0) is 49.4 Å². The van der Waals surface area contributed by atoms with Crippen LogP contribution >= 0.6 is 22.9 Å². The van der Waals surface area contributed by atoms with Crippen molar-refractivity contribution in [2.75, 3.05) is 18.4 Å². The van der Waals surface area contributed by atoms with E-state index >= 15 is 0 Å². The number of carbonyl (C=O) groups is 3. The van der Waals surface area contributed by atoms with Crippen molar-refractivity contribution in [1.82, 2.24) is 20.4 Å². The summed E-state index contributed by atoms with van der Waals surface area (Å²) in [7, 11) is 0. The van der Waals surface area contributed by atoms with E-state index in [0.717, 1.165) is 29.7 Å². The molecule has 1 saturated heterocycles. The van der Waals surface area contributed by atoms with Gasteiger partial charge < -0.3 is 15.5 Å². The quantitative estimate of drug-likeness (QED) is 0.483. The number of rotatable bonds is 7. The van der Waals surface area contributed by atoms with E-state index in [4.69, 9.17) is 11.6 Å². The Morgan fingerprint density at radius 3 is 2.49 bits per heavy atom. The lowest BCUT2D eigenvalue weighted by Crippen LogP contribution is -2.39. The van der Waals surface area contributed by atoms with Crippen molar-refractivity contribution in [3.05, 3.63) is 75.2 Å². The molecule has 0 bridgehead atoms. The maximum absolute atomic E-state index is 12.9. The number of carbonyl (C=O) groups excluding carboxylic acids is 3. The Kier molecular flexibility index (Phi) is 8.09. The molecule has 4 rings (SSSR count). The lowest BCUT2D eigenvalue weighted by molar-refractivity contribution is -0.122. The van der Waals surface area contributed by atoms with Crippen molar-refractivity contribution < 1.29 is 14.4 Å². The smallest absolute Gasteiger partial charge is 0.286 e. The molecule has 3 amide bonds. The van der Waals surface area contributed by atoms with E-state index in [1.165, 1.54) is 0 Å². The first kappa shape index (κ1) is 24.8. The number of nitrogens with zero attached hydrogens (tertiary/aromatic N) is 3. The summed E-state index contributed by atoms with van der Waals surface area (Å²) in [6, 6.07) is 16.6. The molecule has 1 atom stereocenters. The second-order valence-corrected chi connectivity index (χ2v) is 9.93. The number of benzene rings is 2. The van der Waals surface area contributed by atoms with Crippen LogP contribution in [0.25, 0.3) is 0 Å². The van der Waals surface area contributed by atoms with Gasteiger partial charge in [-0.1, -0.05) is 59.3 Å². The summed E-state index contributed by atoms with van der Waals surface area (Å²) in [6.07, 6.45) is 1.91. The minimum absolute atomic E-state index is 0.0191. The second-order valence-electron chi connectivity index (χ2n) is 8.52. The van der Waals surface area contributed by atoms with Crippen LogP contribution in [0.5, 0.6) is 0 Å². The molecule has 182 valence electrons. The average molecular weight is 512 g/mol. The largest absolute Gasteiger partial charge is 0.350 e. The van der Waals surface area contributed by atoms with E-state index in [2.05, 4.69) is 20.8 Å². The van der Waals surface area contributed by atoms with Gasteiger partial charge in [-0.25, -0.2) is 0 Å². The van der Waals surface area contributed by atoms with Crippen LogP contribution in [0.15, 0.2) is 54.6 Å². The van der Waals surface area contributed by atoms with E-state index < -0.39 is 5.91 Å². The highest BCUT2D eigenvalue weighted by Crippen LogP contribution is 2.24. The third-order valence-electron chi connectivity index (χ3n) is 5.94. The minimum atomic E-state index is -0.446. The maximum atomic E-state index is 12.9. The Morgan fingerprint density at radius 1 is 1.06 bits per heavy atom. The zero-order valence-corrected chi connectivity index (χ0v) is 20.8. The van der Waals surface area contributed by atoms with Crippen molar-refractivity contribution in [3.8, 4) is 0 Å². The monoisotopic (exact) mass is 511 g/mol. The number of hydrogen-bond donors (Lipinski definition) is 2. The SMILES string of the molecule is CC(NC(=O)CC1CCN(C(=O)c2nnc(C(=O)Nc3cccc(Cl)c3)s2)CC1)c1ccccc1. The first-order valence-electron chi connectivity index (χ1n) is 11.4. The summed E-state index contributed by atoms with van der Waals surface area (Å²) >= 11 is 6.90. The Hall–Kier alpha value is -3.30. The molecule has 3 aromatic rings. The highest BCUT2D eigenvalue weighted by molar-refractivity contribution is 7.15. The number of piperidine rings is 1. The summed E-state index contributed by atoms with van der Waals surface area (Å²) in [5, 5.41) is 14.3. The summed E-state index contributed by atoms with van der Waals surface area (Å²) < 4.78 is 0. The Bertz CT molecular complexity index is 1190. The molecule has 1 fully saturated rings. The van der Waals surface area contributed by atoms with E-state index in [-0.39, 0.29) is 33.8 Å². The van der Waals surface area contributed by atoms with Gasteiger partial charge in [0.15, 0.2) is 0 Å². The standard InChI is InChI=1S/C25H26ClN5O3S/c1-16(18-6-3-2-4-7-18)27-21(32)14-17-10-12-31(13-11-17)25(34)24-30-29-23(35-24)22(33)28-20-9-5-8-19(26)15-20/h2-9,15-17H,10-14H2,1H3,(H,27,32)(H,28,33). The normalized spacial score (nSPS) is 14.9. The number of amides is 3. The molecule has 0 saturated carbocycles. The van der Waals surface area contributed by atoms with Crippen molar-refractivity contribution in [1.29, 1.82) is 0 Å². The third-order valence-corrected chi connectivity index (χ3v) is 7.08. The fourth-order valence-corrected chi connectivity index (χ4v) is 4.91. The molecule has 35 heavy (non-hydrogen) atoms. The van der Waals surface area contributed by atoms with Crippen LogP contribution < -0.4 is 10.6 Å². The van der Waals surface area contributed by atoms with Gasteiger partial charge in [0, 0.05) is 30.2 Å². The fraction of sp³-hybridized carbons (Fsp3) is 0.320. The van der Waals surface area contributed by atoms with Gasteiger partial charge in [0.05, 0.1) is 6.04 Å². The topological polar surface area (TPSA) is 104 Å². The summed E-state index contributed by atoms with van der Waals surface area (Å²) in [5.41, 5.74) is 1.61. The fourth-order valence-electron chi connectivity index (χ4n) is 4.02. The molecule has 10 heteroatoms. The first-order chi connectivity index (χ1) is 16.9. The van der Waals surface area contributed by atoms with Crippen LogP contribution in [0.1, 0.15) is 57.4 Å². The van der Waals surface area contributed by atoms with Gasteiger partial charge >= 0.3 is 0 Å². The molecular weight excluding hydrogens is 486 g/mol. The summed E-state index contributed by atoms with van der Waals surface area (Å²) in [4.78, 5) is 39.5. The molecular formula is C25H26ClN5O3S. The first-order valence-corrected chi connectivity index (χ1v) is 12.6. The number of aromatic nitrogens is 2. The highest BCUT2D eigenvalue weighted by Gasteiger charge is 2.28. The minimum Gasteiger partial charge on any atom is -0.350 e. The maximum Gasteiger partial charge on any atom is 0.286 e. The number of likely N-dealkylation sites (tertiary alicyclic amines) is 1. The van der Waals surface area contributed by atoms with E-state index in [9.17, 15) is 14.4 Å². The van der Waals surface area contributed by atoms with Crippen LogP contribution in [0.3, 0.4) is 0 Å². The second kappa shape index (κ2) is 11.4. The van der Waals surface area contributed by atoms with E-state index in [0.29, 0.717) is 30.2 Å². The van der Waals surface area contributed by atoms with Crippen LogP contribution in [-0.2, 0) is 4.79 Å². The zero-order chi connectivity index (χ0) is 24.8. The number of anilines is 1. The predicted molar refractivity (Wildman–Crippen MR) is 136 cm³/mol. The summed E-state index contributed by atoms with van der Waals surface area (Å²) in [5.74, 6) is -0.454. The van der Waals surface area contributed by atoms with Gasteiger partial charge in [0.25, 0.3) is 11.8 Å². The Balaban J connectivity index is 1.25. The van der Waals surface area contributed by atoms with Gasteiger partial charge in [0.2, 0.25) is 15.9 Å². The third kappa shape index (κ3) is 6.64. The molecule has 2 aromatic carbocycles. The number of hydrogen-bond acceptors (Lipinski definition) is 6. The Morgan fingerprint density at radius 2 is 1.77 bits per heavy atom. The van der Waals surface area contributed by atoms with Crippen LogP contribution in [0, 0.1) is 5.92 Å². The van der Waals surface area contributed by atoms with Crippen LogP contribution in [-0.4, -0.2) is 45.9 Å². The highest BCUT2D eigenvalue weighted by atomic mass is 35.5.